The van der Waals surface area contributed by atoms with E-state index in [0.717, 1.165) is 44.7 Å². The van der Waals surface area contributed by atoms with Crippen LogP contribution in [0.4, 0.5) is 0 Å². The highest BCUT2D eigenvalue weighted by Crippen LogP contribution is 2.33. The minimum atomic E-state index is -0.0487. The van der Waals surface area contributed by atoms with Gasteiger partial charge in [-0.2, -0.15) is 0 Å². The molecule has 1 aromatic rings. The summed E-state index contributed by atoms with van der Waals surface area (Å²) in [5.41, 5.74) is 0. The van der Waals surface area contributed by atoms with Gasteiger partial charge in [-0.3, -0.25) is 14.5 Å². The Morgan fingerprint density at radius 3 is 3.09 bits per heavy atom. The normalized spacial score (nSPS) is 32.4. The van der Waals surface area contributed by atoms with Gasteiger partial charge in [0.1, 0.15) is 5.76 Å². The molecular weight excluding hydrogens is 284 g/mol. The number of fused-ring (bicyclic) bond motifs is 1. The lowest BCUT2D eigenvalue weighted by atomic mass is 9.89. The van der Waals surface area contributed by atoms with Crippen molar-refractivity contribution in [3.05, 3.63) is 24.2 Å². The second-order valence-electron chi connectivity index (χ2n) is 6.33. The van der Waals surface area contributed by atoms with Crippen molar-refractivity contribution in [2.24, 2.45) is 5.92 Å². The molecular formula is C16H22N2O4. The number of likely N-dealkylation sites (tertiary alicyclic amines) is 1. The van der Waals surface area contributed by atoms with Gasteiger partial charge in [0.15, 0.2) is 0 Å². The molecule has 0 bridgehead atoms. The summed E-state index contributed by atoms with van der Waals surface area (Å²) in [7, 11) is 0. The van der Waals surface area contributed by atoms with Gasteiger partial charge in [-0.05, 0) is 31.4 Å². The van der Waals surface area contributed by atoms with E-state index in [2.05, 4.69) is 4.90 Å². The standard InChI is InChI=1S/C16H22N2O4/c19-16(18-5-2-7-22-18)12-9-15-14(4-8-21-15)17(10-12)11-13-3-1-6-20-13/h1,3,6,12,14-15H,2,4-5,7-11H2/t12-,14+,15+/m1/s1. The quantitative estimate of drug-likeness (QED) is 0.845. The molecule has 3 saturated heterocycles. The molecule has 0 radical (unpaired) electrons. The van der Waals surface area contributed by atoms with Crippen molar-refractivity contribution in [1.29, 1.82) is 0 Å². The number of carbonyl (C=O) groups excluding carboxylic acids is 1. The number of ether oxygens (including phenoxy) is 1. The first-order valence-corrected chi connectivity index (χ1v) is 8.13. The van der Waals surface area contributed by atoms with Crippen LogP contribution in [-0.4, -0.2) is 54.3 Å². The van der Waals surface area contributed by atoms with Crippen LogP contribution < -0.4 is 0 Å². The van der Waals surface area contributed by atoms with Crippen molar-refractivity contribution in [2.75, 3.05) is 26.3 Å². The lowest BCUT2D eigenvalue weighted by Crippen LogP contribution is -2.52. The van der Waals surface area contributed by atoms with Crippen molar-refractivity contribution in [3.8, 4) is 0 Å². The van der Waals surface area contributed by atoms with E-state index < -0.39 is 0 Å². The molecule has 1 amide bonds. The zero-order chi connectivity index (χ0) is 14.9. The maximum Gasteiger partial charge on any atom is 0.250 e. The van der Waals surface area contributed by atoms with E-state index in [0.29, 0.717) is 19.2 Å². The Morgan fingerprint density at radius 2 is 2.32 bits per heavy atom. The third kappa shape index (κ3) is 2.66. The molecule has 0 saturated carbocycles. The maximum atomic E-state index is 12.6. The molecule has 4 heterocycles. The highest BCUT2D eigenvalue weighted by atomic mass is 16.7. The highest BCUT2D eigenvalue weighted by Gasteiger charge is 2.43. The first-order valence-electron chi connectivity index (χ1n) is 8.13. The molecule has 3 atom stereocenters. The van der Waals surface area contributed by atoms with Gasteiger partial charge in [-0.25, -0.2) is 5.06 Å². The Bertz CT molecular complexity index is 512. The van der Waals surface area contributed by atoms with Crippen LogP contribution in [0, 0.1) is 5.92 Å². The molecule has 4 rings (SSSR count). The van der Waals surface area contributed by atoms with Crippen molar-refractivity contribution in [3.63, 3.8) is 0 Å². The average Bonchev–Trinajstić information content (AvgIpc) is 3.27. The van der Waals surface area contributed by atoms with Crippen LogP contribution >= 0.6 is 0 Å². The molecule has 0 aliphatic carbocycles. The number of rotatable bonds is 3. The molecule has 6 nitrogen and oxygen atoms in total. The Morgan fingerprint density at radius 1 is 1.36 bits per heavy atom. The fourth-order valence-corrected chi connectivity index (χ4v) is 3.84. The van der Waals surface area contributed by atoms with E-state index in [1.54, 1.807) is 11.3 Å². The van der Waals surface area contributed by atoms with Gasteiger partial charge in [0.05, 0.1) is 38.0 Å². The number of amides is 1. The van der Waals surface area contributed by atoms with Gasteiger partial charge in [-0.15, -0.1) is 0 Å². The molecule has 1 aromatic heterocycles. The summed E-state index contributed by atoms with van der Waals surface area (Å²) in [6.45, 7) is 3.64. The van der Waals surface area contributed by atoms with Crippen LogP contribution in [0.5, 0.6) is 0 Å². The number of furan rings is 1. The van der Waals surface area contributed by atoms with E-state index in [4.69, 9.17) is 14.0 Å². The summed E-state index contributed by atoms with van der Waals surface area (Å²) in [6, 6.07) is 4.29. The fraction of sp³-hybridized carbons (Fsp3) is 0.688. The Labute approximate surface area is 129 Å². The minimum Gasteiger partial charge on any atom is -0.468 e. The Balaban J connectivity index is 1.48. The number of hydrogen-bond acceptors (Lipinski definition) is 5. The van der Waals surface area contributed by atoms with Crippen molar-refractivity contribution >= 4 is 5.91 Å². The molecule has 0 N–H and O–H groups in total. The Hall–Kier alpha value is -1.37. The second kappa shape index (κ2) is 6.02. The Kier molecular flexibility index (Phi) is 3.90. The van der Waals surface area contributed by atoms with Gasteiger partial charge in [0, 0.05) is 19.2 Å². The molecule has 6 heteroatoms. The van der Waals surface area contributed by atoms with E-state index in [9.17, 15) is 4.79 Å². The third-order valence-corrected chi connectivity index (χ3v) is 4.90. The molecule has 3 fully saturated rings. The number of carbonyl (C=O) groups is 1. The zero-order valence-corrected chi connectivity index (χ0v) is 12.6. The highest BCUT2D eigenvalue weighted by molar-refractivity contribution is 5.78. The molecule has 3 aliphatic rings. The lowest BCUT2D eigenvalue weighted by molar-refractivity contribution is -0.177. The van der Waals surface area contributed by atoms with Crippen LogP contribution in [-0.2, 0) is 20.9 Å². The van der Waals surface area contributed by atoms with Gasteiger partial charge in [0.2, 0.25) is 0 Å². The summed E-state index contributed by atoms with van der Waals surface area (Å²) in [4.78, 5) is 20.4. The molecule has 22 heavy (non-hydrogen) atoms. The molecule has 0 unspecified atom stereocenters. The predicted octanol–water partition coefficient (Wildman–Crippen LogP) is 1.42. The van der Waals surface area contributed by atoms with Gasteiger partial charge in [-0.1, -0.05) is 0 Å². The zero-order valence-electron chi connectivity index (χ0n) is 12.6. The fourth-order valence-electron chi connectivity index (χ4n) is 3.84. The van der Waals surface area contributed by atoms with Crippen molar-refractivity contribution in [1.82, 2.24) is 9.96 Å². The largest absolute Gasteiger partial charge is 0.468 e. The molecule has 0 aromatic carbocycles. The summed E-state index contributed by atoms with van der Waals surface area (Å²) >= 11 is 0. The number of piperidine rings is 1. The average molecular weight is 306 g/mol. The number of hydroxylamine groups is 2. The monoisotopic (exact) mass is 306 g/mol. The summed E-state index contributed by atoms with van der Waals surface area (Å²) in [5, 5.41) is 1.55. The maximum absolute atomic E-state index is 12.6. The SMILES string of the molecule is O=C([C@@H]1C[C@@H]2OCC[C@@H]2N(Cc2ccco2)C1)N1CCCO1. The van der Waals surface area contributed by atoms with Crippen LogP contribution in [0.25, 0.3) is 0 Å². The summed E-state index contributed by atoms with van der Waals surface area (Å²) in [6.07, 6.45) is 4.62. The van der Waals surface area contributed by atoms with E-state index in [1.807, 2.05) is 12.1 Å². The molecule has 0 spiro atoms. The lowest BCUT2D eigenvalue weighted by Gasteiger charge is -2.40. The van der Waals surface area contributed by atoms with E-state index in [1.165, 1.54) is 0 Å². The van der Waals surface area contributed by atoms with Crippen LogP contribution in [0.3, 0.4) is 0 Å². The van der Waals surface area contributed by atoms with Crippen LogP contribution in [0.15, 0.2) is 22.8 Å². The van der Waals surface area contributed by atoms with Gasteiger partial charge < -0.3 is 9.15 Å². The molecule has 120 valence electrons. The first-order chi connectivity index (χ1) is 10.8. The van der Waals surface area contributed by atoms with Crippen LogP contribution in [0.1, 0.15) is 25.0 Å². The van der Waals surface area contributed by atoms with E-state index in [-0.39, 0.29) is 17.9 Å². The topological polar surface area (TPSA) is 55.2 Å². The number of nitrogens with zero attached hydrogens (tertiary/aromatic N) is 2. The smallest absolute Gasteiger partial charge is 0.250 e. The third-order valence-electron chi connectivity index (χ3n) is 4.90. The van der Waals surface area contributed by atoms with Crippen LogP contribution in [0.2, 0.25) is 0 Å². The minimum absolute atomic E-state index is 0.0487. The number of hydrogen-bond donors (Lipinski definition) is 0. The van der Waals surface area contributed by atoms with Gasteiger partial charge in [0.25, 0.3) is 5.91 Å². The molecule has 3 aliphatic heterocycles. The summed E-state index contributed by atoms with van der Waals surface area (Å²) in [5.74, 6) is 1.000. The first kappa shape index (κ1) is 14.2. The van der Waals surface area contributed by atoms with Crippen molar-refractivity contribution < 1.29 is 18.8 Å². The van der Waals surface area contributed by atoms with E-state index >= 15 is 0 Å². The predicted molar refractivity (Wildman–Crippen MR) is 77.7 cm³/mol. The second-order valence-corrected chi connectivity index (χ2v) is 6.33. The van der Waals surface area contributed by atoms with Gasteiger partial charge >= 0.3 is 0 Å². The summed E-state index contributed by atoms with van der Waals surface area (Å²) < 4.78 is 11.3. The van der Waals surface area contributed by atoms with Crippen molar-refractivity contribution in [2.45, 2.75) is 38.0 Å².